The smallest absolute Gasteiger partial charge is 0.356 e. The van der Waals surface area contributed by atoms with Gasteiger partial charge in [-0.25, -0.2) is 14.8 Å². The van der Waals surface area contributed by atoms with Gasteiger partial charge in [-0.2, -0.15) is 0 Å². The number of methoxy groups -OCH3 is 1. The summed E-state index contributed by atoms with van der Waals surface area (Å²) in [5, 5.41) is 16.8. The van der Waals surface area contributed by atoms with Gasteiger partial charge in [-0.05, 0) is 37.3 Å². The SMILES string of the molecule is CC(=O)O.COC(=O)c1cccc(-c2nccn2[C@@H]2CCC[C@@H](CO)C2)n1. The predicted octanol–water partition coefficient (Wildman–Crippen LogP) is 2.55. The number of hydrogen-bond donors (Lipinski definition) is 2. The van der Waals surface area contributed by atoms with Crippen LogP contribution in [0.3, 0.4) is 0 Å². The Morgan fingerprint density at radius 1 is 1.33 bits per heavy atom. The van der Waals surface area contributed by atoms with E-state index in [4.69, 9.17) is 14.6 Å². The average Bonchev–Trinajstić information content (AvgIpc) is 3.17. The zero-order valence-electron chi connectivity index (χ0n) is 15.5. The van der Waals surface area contributed by atoms with E-state index in [9.17, 15) is 9.90 Å². The fourth-order valence-corrected chi connectivity index (χ4v) is 3.26. The molecule has 27 heavy (non-hydrogen) atoms. The molecule has 2 heterocycles. The maximum Gasteiger partial charge on any atom is 0.356 e. The van der Waals surface area contributed by atoms with Crippen LogP contribution in [0.4, 0.5) is 0 Å². The molecule has 0 bridgehead atoms. The summed E-state index contributed by atoms with van der Waals surface area (Å²) in [7, 11) is 1.34. The number of ether oxygens (including phenoxy) is 1. The van der Waals surface area contributed by atoms with E-state index in [-0.39, 0.29) is 12.3 Å². The molecular formula is C19H25N3O5. The molecule has 2 aromatic heterocycles. The van der Waals surface area contributed by atoms with E-state index in [2.05, 4.69) is 14.5 Å². The highest BCUT2D eigenvalue weighted by Crippen LogP contribution is 2.34. The first kappa shape index (κ1) is 20.6. The molecule has 0 radical (unpaired) electrons. The lowest BCUT2D eigenvalue weighted by molar-refractivity contribution is -0.134. The summed E-state index contributed by atoms with van der Waals surface area (Å²) in [6.45, 7) is 1.32. The molecule has 2 aromatic rings. The van der Waals surface area contributed by atoms with Gasteiger partial charge in [-0.3, -0.25) is 4.79 Å². The second kappa shape index (κ2) is 9.82. The number of nitrogens with zero attached hydrogens (tertiary/aromatic N) is 3. The first-order valence-electron chi connectivity index (χ1n) is 8.85. The first-order valence-corrected chi connectivity index (χ1v) is 8.85. The lowest BCUT2D eigenvalue weighted by atomic mass is 9.86. The molecule has 1 aliphatic carbocycles. The number of hydrogen-bond acceptors (Lipinski definition) is 6. The van der Waals surface area contributed by atoms with E-state index in [1.807, 2.05) is 12.3 Å². The Morgan fingerprint density at radius 3 is 2.74 bits per heavy atom. The number of aliphatic carboxylic acids is 1. The van der Waals surface area contributed by atoms with E-state index >= 15 is 0 Å². The number of aromatic nitrogens is 3. The second-order valence-corrected chi connectivity index (χ2v) is 6.45. The Labute approximate surface area is 157 Å². The third-order valence-electron chi connectivity index (χ3n) is 4.45. The molecule has 1 saturated carbocycles. The zero-order chi connectivity index (χ0) is 19.8. The van der Waals surface area contributed by atoms with Crippen LogP contribution in [0.2, 0.25) is 0 Å². The molecule has 3 rings (SSSR count). The number of aliphatic hydroxyl groups is 1. The van der Waals surface area contributed by atoms with Crippen molar-refractivity contribution < 1.29 is 24.5 Å². The van der Waals surface area contributed by atoms with E-state index < -0.39 is 11.9 Å². The highest BCUT2D eigenvalue weighted by Gasteiger charge is 2.25. The summed E-state index contributed by atoms with van der Waals surface area (Å²) in [4.78, 5) is 29.5. The van der Waals surface area contributed by atoms with Gasteiger partial charge in [0, 0.05) is 32.0 Å². The maximum atomic E-state index is 11.7. The van der Waals surface area contributed by atoms with Crippen LogP contribution in [0.5, 0.6) is 0 Å². The summed E-state index contributed by atoms with van der Waals surface area (Å²) < 4.78 is 6.84. The van der Waals surface area contributed by atoms with E-state index in [0.29, 0.717) is 17.7 Å². The van der Waals surface area contributed by atoms with Crippen molar-refractivity contribution >= 4 is 11.9 Å². The van der Waals surface area contributed by atoms with Crippen LogP contribution in [0.15, 0.2) is 30.6 Å². The van der Waals surface area contributed by atoms with Crippen molar-refractivity contribution in [2.75, 3.05) is 13.7 Å². The predicted molar refractivity (Wildman–Crippen MR) is 98.2 cm³/mol. The molecule has 8 nitrogen and oxygen atoms in total. The molecule has 0 spiro atoms. The van der Waals surface area contributed by atoms with Crippen LogP contribution < -0.4 is 0 Å². The van der Waals surface area contributed by atoms with E-state index in [1.165, 1.54) is 7.11 Å². The molecule has 2 N–H and O–H groups in total. The molecule has 0 amide bonds. The number of carboxylic acids is 1. The summed E-state index contributed by atoms with van der Waals surface area (Å²) in [6.07, 6.45) is 7.89. The van der Waals surface area contributed by atoms with Crippen LogP contribution in [0.25, 0.3) is 11.5 Å². The lowest BCUT2D eigenvalue weighted by Crippen LogP contribution is -2.21. The zero-order valence-corrected chi connectivity index (χ0v) is 15.5. The number of imidazole rings is 1. The van der Waals surface area contributed by atoms with Gasteiger partial charge in [-0.15, -0.1) is 0 Å². The van der Waals surface area contributed by atoms with Crippen LogP contribution in [-0.4, -0.2) is 50.4 Å². The van der Waals surface area contributed by atoms with Crippen LogP contribution in [0, 0.1) is 5.92 Å². The summed E-state index contributed by atoms with van der Waals surface area (Å²) in [6, 6.07) is 5.56. The summed E-state index contributed by atoms with van der Waals surface area (Å²) >= 11 is 0. The molecule has 0 aromatic carbocycles. The standard InChI is InChI=1S/C17H21N3O3.C2H4O2/c1-23-17(22)15-7-3-6-14(19-15)16-18-8-9-20(16)13-5-2-4-12(10-13)11-21;1-2(3)4/h3,6-9,12-13,21H,2,4-5,10-11H2,1H3;1H3,(H,3,4)/t12-,13-;/m1./s1. The van der Waals surface area contributed by atoms with Gasteiger partial charge in [0.1, 0.15) is 11.4 Å². The van der Waals surface area contributed by atoms with Gasteiger partial charge in [-0.1, -0.05) is 12.5 Å². The molecule has 146 valence electrons. The summed E-state index contributed by atoms with van der Waals surface area (Å²) in [5.74, 6) is -0.194. The number of aliphatic hydroxyl groups excluding tert-OH is 1. The van der Waals surface area contributed by atoms with Gasteiger partial charge in [0.2, 0.25) is 0 Å². The maximum absolute atomic E-state index is 11.7. The van der Waals surface area contributed by atoms with Crippen molar-refractivity contribution in [2.45, 2.75) is 38.6 Å². The van der Waals surface area contributed by atoms with Crippen molar-refractivity contribution in [2.24, 2.45) is 5.92 Å². The van der Waals surface area contributed by atoms with E-state index in [1.54, 1.807) is 18.3 Å². The quantitative estimate of drug-likeness (QED) is 0.789. The van der Waals surface area contributed by atoms with Crippen molar-refractivity contribution in [3.63, 3.8) is 0 Å². The largest absolute Gasteiger partial charge is 0.481 e. The monoisotopic (exact) mass is 375 g/mol. The highest BCUT2D eigenvalue weighted by molar-refractivity contribution is 5.87. The minimum Gasteiger partial charge on any atom is -0.481 e. The van der Waals surface area contributed by atoms with Gasteiger partial charge >= 0.3 is 5.97 Å². The normalized spacial score (nSPS) is 18.9. The third-order valence-corrected chi connectivity index (χ3v) is 4.45. The van der Waals surface area contributed by atoms with Gasteiger partial charge in [0.15, 0.2) is 5.82 Å². The fourth-order valence-electron chi connectivity index (χ4n) is 3.26. The van der Waals surface area contributed by atoms with Gasteiger partial charge in [0.25, 0.3) is 5.97 Å². The minimum atomic E-state index is -0.833. The Hall–Kier alpha value is -2.74. The molecule has 0 aliphatic heterocycles. The van der Waals surface area contributed by atoms with Crippen LogP contribution in [0.1, 0.15) is 49.1 Å². The van der Waals surface area contributed by atoms with E-state index in [0.717, 1.165) is 38.4 Å². The molecule has 8 heteroatoms. The average molecular weight is 375 g/mol. The third kappa shape index (κ3) is 5.62. The molecule has 0 saturated heterocycles. The Bertz CT molecular complexity index is 770. The van der Waals surface area contributed by atoms with Crippen molar-refractivity contribution in [3.05, 3.63) is 36.3 Å². The second-order valence-electron chi connectivity index (χ2n) is 6.45. The summed E-state index contributed by atoms with van der Waals surface area (Å²) in [5.41, 5.74) is 0.931. The lowest BCUT2D eigenvalue weighted by Gasteiger charge is -2.29. The highest BCUT2D eigenvalue weighted by atomic mass is 16.5. The Balaban J connectivity index is 0.000000596. The number of carboxylic acid groups (broad SMARTS) is 1. The van der Waals surface area contributed by atoms with Gasteiger partial charge < -0.3 is 19.5 Å². The number of carbonyl (C=O) groups is 2. The van der Waals surface area contributed by atoms with Crippen molar-refractivity contribution in [1.82, 2.24) is 14.5 Å². The molecule has 1 aliphatic rings. The van der Waals surface area contributed by atoms with Crippen molar-refractivity contribution in [1.29, 1.82) is 0 Å². The fraction of sp³-hybridized carbons (Fsp3) is 0.474. The molecule has 2 atom stereocenters. The number of esters is 1. The Kier molecular flexibility index (Phi) is 7.48. The number of pyridine rings is 1. The number of carbonyl (C=O) groups excluding carboxylic acids is 1. The number of rotatable bonds is 4. The Morgan fingerprint density at radius 2 is 2.07 bits per heavy atom. The topological polar surface area (TPSA) is 115 Å². The minimum absolute atomic E-state index is 0.233. The molecular weight excluding hydrogens is 350 g/mol. The van der Waals surface area contributed by atoms with Crippen LogP contribution >= 0.6 is 0 Å². The van der Waals surface area contributed by atoms with Crippen LogP contribution in [-0.2, 0) is 9.53 Å². The van der Waals surface area contributed by atoms with Crippen molar-refractivity contribution in [3.8, 4) is 11.5 Å². The molecule has 1 fully saturated rings. The first-order chi connectivity index (χ1) is 13.0. The van der Waals surface area contributed by atoms with Gasteiger partial charge in [0.05, 0.1) is 7.11 Å². The molecule has 0 unspecified atom stereocenters.